The van der Waals surface area contributed by atoms with Crippen LogP contribution in [0.3, 0.4) is 0 Å². The van der Waals surface area contributed by atoms with E-state index in [2.05, 4.69) is 0 Å². The maximum Gasteiger partial charge on any atom is 0.182 e. The lowest BCUT2D eigenvalue weighted by Crippen LogP contribution is -2.17. The van der Waals surface area contributed by atoms with Gasteiger partial charge in [-0.15, -0.1) is 0 Å². The third kappa shape index (κ3) is 2.58. The zero-order valence-corrected chi connectivity index (χ0v) is 7.05. The minimum Gasteiger partial charge on any atom is -0.488 e. The average molecular weight is 152 g/mol. The second-order valence-electron chi connectivity index (χ2n) is 3.50. The molecule has 2 nitrogen and oxygen atoms in total. The molecule has 0 radical (unpaired) electrons. The van der Waals surface area contributed by atoms with Crippen LogP contribution in [0.5, 0.6) is 0 Å². The topological polar surface area (TPSA) is 26.3 Å². The van der Waals surface area contributed by atoms with Crippen molar-refractivity contribution in [3.8, 4) is 0 Å². The van der Waals surface area contributed by atoms with E-state index in [4.69, 9.17) is 4.74 Å². The molecule has 0 saturated carbocycles. The van der Waals surface area contributed by atoms with Gasteiger partial charge in [0.05, 0.1) is 0 Å². The summed E-state index contributed by atoms with van der Waals surface area (Å²) in [4.78, 5) is 10.7. The highest BCUT2D eigenvalue weighted by Crippen LogP contribution is 2.17. The Morgan fingerprint density at radius 1 is 1.27 bits per heavy atom. The first-order valence-electron chi connectivity index (χ1n) is 3.60. The van der Waals surface area contributed by atoms with E-state index >= 15 is 0 Å². The average Bonchev–Trinajstić information content (AvgIpc) is 2.10. The summed E-state index contributed by atoms with van der Waals surface area (Å²) in [6.07, 6.45) is 4.68. The van der Waals surface area contributed by atoms with Gasteiger partial charge in [0.25, 0.3) is 0 Å². The molecular weight excluding hydrogens is 140 g/mol. The van der Waals surface area contributed by atoms with Crippen molar-refractivity contribution in [1.29, 1.82) is 0 Å². The van der Waals surface area contributed by atoms with Gasteiger partial charge in [0.2, 0.25) is 0 Å². The van der Waals surface area contributed by atoms with Gasteiger partial charge in [-0.2, -0.15) is 0 Å². The van der Waals surface area contributed by atoms with Gasteiger partial charge in [-0.25, -0.2) is 0 Å². The highest BCUT2D eigenvalue weighted by Gasteiger charge is 2.14. The normalized spacial score (nSPS) is 17.0. The Balaban J connectivity index is 2.60. The Hall–Kier alpha value is -1.05. The van der Waals surface area contributed by atoms with Crippen molar-refractivity contribution in [1.82, 2.24) is 0 Å². The predicted molar refractivity (Wildman–Crippen MR) is 43.1 cm³/mol. The van der Waals surface area contributed by atoms with Gasteiger partial charge in [-0.1, -0.05) is 0 Å². The maximum atomic E-state index is 10.7. The summed E-state index contributed by atoms with van der Waals surface area (Å²) in [5, 5.41) is 0. The number of carbonyl (C=O) groups is 1. The molecule has 1 rings (SSSR count). The lowest BCUT2D eigenvalue weighted by Gasteiger charge is -2.20. The molecule has 0 spiro atoms. The molecule has 0 atom stereocenters. The number of carbonyl (C=O) groups excluding carboxylic acids is 1. The summed E-state index contributed by atoms with van der Waals surface area (Å²) in [6.45, 7) is 5.85. The van der Waals surface area contributed by atoms with Crippen molar-refractivity contribution in [2.75, 3.05) is 0 Å². The molecule has 0 aromatic carbocycles. The van der Waals surface area contributed by atoms with Gasteiger partial charge >= 0.3 is 0 Å². The first-order valence-corrected chi connectivity index (χ1v) is 3.60. The van der Waals surface area contributed by atoms with Crippen molar-refractivity contribution >= 4 is 5.78 Å². The van der Waals surface area contributed by atoms with Gasteiger partial charge < -0.3 is 4.74 Å². The Morgan fingerprint density at radius 2 is 1.91 bits per heavy atom. The Labute approximate surface area is 66.5 Å². The lowest BCUT2D eigenvalue weighted by atomic mass is 10.2. The Morgan fingerprint density at radius 3 is 2.27 bits per heavy atom. The van der Waals surface area contributed by atoms with E-state index in [-0.39, 0.29) is 11.4 Å². The highest BCUT2D eigenvalue weighted by atomic mass is 16.5. The van der Waals surface area contributed by atoms with Crippen LogP contribution < -0.4 is 0 Å². The summed E-state index contributed by atoms with van der Waals surface area (Å²) in [5.41, 5.74) is -0.221. The van der Waals surface area contributed by atoms with Crippen LogP contribution in [0.4, 0.5) is 0 Å². The molecule has 0 aromatic heterocycles. The quantitative estimate of drug-likeness (QED) is 0.573. The molecule has 0 aliphatic heterocycles. The van der Waals surface area contributed by atoms with E-state index in [1.54, 1.807) is 6.08 Å². The molecule has 0 heterocycles. The molecular formula is C9H12O2. The van der Waals surface area contributed by atoms with E-state index < -0.39 is 0 Å². The summed E-state index contributed by atoms with van der Waals surface area (Å²) in [6, 6.07) is 0. The van der Waals surface area contributed by atoms with Crippen LogP contribution in [0.15, 0.2) is 24.0 Å². The first-order chi connectivity index (χ1) is 4.97. The molecule has 11 heavy (non-hydrogen) atoms. The van der Waals surface area contributed by atoms with Crippen LogP contribution in [-0.4, -0.2) is 11.4 Å². The summed E-state index contributed by atoms with van der Waals surface area (Å²) in [7, 11) is 0. The minimum atomic E-state index is -0.221. The third-order valence-electron chi connectivity index (χ3n) is 1.12. The number of hydrogen-bond donors (Lipinski definition) is 0. The largest absolute Gasteiger partial charge is 0.488 e. The summed E-state index contributed by atoms with van der Waals surface area (Å²) >= 11 is 0. The van der Waals surface area contributed by atoms with E-state index in [1.165, 1.54) is 12.2 Å². The van der Waals surface area contributed by atoms with Crippen LogP contribution in [0.1, 0.15) is 20.8 Å². The molecule has 60 valence electrons. The maximum absolute atomic E-state index is 10.7. The molecule has 2 heteroatoms. The summed E-state index contributed by atoms with van der Waals surface area (Å²) in [5.74, 6) is 0.659. The molecule has 0 aromatic rings. The van der Waals surface area contributed by atoms with Crippen LogP contribution >= 0.6 is 0 Å². The van der Waals surface area contributed by atoms with Crippen LogP contribution in [-0.2, 0) is 9.53 Å². The number of hydrogen-bond acceptors (Lipinski definition) is 2. The Bertz CT molecular complexity index is 228. The molecule has 0 fully saturated rings. The van der Waals surface area contributed by atoms with Gasteiger partial charge in [0, 0.05) is 6.08 Å². The van der Waals surface area contributed by atoms with Crippen LogP contribution in [0.2, 0.25) is 0 Å². The van der Waals surface area contributed by atoms with E-state index in [0.29, 0.717) is 5.76 Å². The second kappa shape index (κ2) is 2.53. The standard InChI is InChI=1S/C9H12O2/c1-9(2,3)11-8-5-4-7(10)6-8/h4-6H,1-3H3. The van der Waals surface area contributed by atoms with Crippen LogP contribution in [0, 0.1) is 0 Å². The van der Waals surface area contributed by atoms with Crippen LogP contribution in [0.25, 0.3) is 0 Å². The lowest BCUT2D eigenvalue weighted by molar-refractivity contribution is -0.110. The van der Waals surface area contributed by atoms with Crippen molar-refractivity contribution in [3.63, 3.8) is 0 Å². The summed E-state index contributed by atoms with van der Waals surface area (Å²) < 4.78 is 5.42. The molecule has 0 bridgehead atoms. The second-order valence-corrected chi connectivity index (χ2v) is 3.50. The predicted octanol–water partition coefficient (Wildman–Crippen LogP) is 1.82. The number of allylic oxidation sites excluding steroid dienone is 3. The zero-order chi connectivity index (χ0) is 8.48. The van der Waals surface area contributed by atoms with E-state index in [0.717, 1.165) is 0 Å². The fourth-order valence-corrected chi connectivity index (χ4v) is 0.818. The fourth-order valence-electron chi connectivity index (χ4n) is 0.818. The fraction of sp³-hybridized carbons (Fsp3) is 0.444. The molecule has 1 aliphatic carbocycles. The van der Waals surface area contributed by atoms with E-state index in [1.807, 2.05) is 20.8 Å². The first kappa shape index (κ1) is 8.05. The molecule has 1 aliphatic rings. The van der Waals surface area contributed by atoms with Crippen molar-refractivity contribution < 1.29 is 9.53 Å². The van der Waals surface area contributed by atoms with Crippen molar-refractivity contribution in [2.45, 2.75) is 26.4 Å². The van der Waals surface area contributed by atoms with Gasteiger partial charge in [-0.3, -0.25) is 4.79 Å². The molecule has 0 saturated heterocycles. The zero-order valence-electron chi connectivity index (χ0n) is 7.05. The van der Waals surface area contributed by atoms with Crippen molar-refractivity contribution in [3.05, 3.63) is 24.0 Å². The minimum absolute atomic E-state index is 0.00394. The smallest absolute Gasteiger partial charge is 0.182 e. The van der Waals surface area contributed by atoms with Gasteiger partial charge in [0.15, 0.2) is 5.78 Å². The monoisotopic (exact) mass is 152 g/mol. The van der Waals surface area contributed by atoms with E-state index in [9.17, 15) is 4.79 Å². The van der Waals surface area contributed by atoms with Gasteiger partial charge in [-0.05, 0) is 32.9 Å². The Kier molecular flexibility index (Phi) is 1.85. The molecule has 0 N–H and O–H groups in total. The number of rotatable bonds is 1. The van der Waals surface area contributed by atoms with Crippen molar-refractivity contribution in [2.24, 2.45) is 0 Å². The number of ether oxygens (including phenoxy) is 1. The third-order valence-corrected chi connectivity index (χ3v) is 1.12. The van der Waals surface area contributed by atoms with Gasteiger partial charge in [0.1, 0.15) is 11.4 Å². The SMILES string of the molecule is CC(C)(C)OC1=CC(=O)C=C1. The highest BCUT2D eigenvalue weighted by molar-refractivity contribution is 6.02. The molecule has 0 amide bonds. The molecule has 0 unspecified atom stereocenters. The number of ketones is 1.